The summed E-state index contributed by atoms with van der Waals surface area (Å²) in [7, 11) is 0. The Kier molecular flexibility index (Phi) is 6.50. The van der Waals surface area contributed by atoms with Gasteiger partial charge < -0.3 is 4.74 Å². The zero-order chi connectivity index (χ0) is 22.5. The van der Waals surface area contributed by atoms with Gasteiger partial charge in [0, 0.05) is 18.2 Å². The number of benzene rings is 1. The van der Waals surface area contributed by atoms with Crippen LogP contribution >= 0.6 is 0 Å². The number of Topliss-reactive ketones (excluding diaryl/α,β-unsaturated/α-hetero) is 2. The van der Waals surface area contributed by atoms with Gasteiger partial charge in [-0.05, 0) is 49.4 Å². The van der Waals surface area contributed by atoms with Crippen molar-refractivity contribution in [1.29, 1.82) is 0 Å². The minimum absolute atomic E-state index is 0.184. The van der Waals surface area contributed by atoms with Crippen molar-refractivity contribution in [3.05, 3.63) is 83.3 Å². The zero-order valence-corrected chi connectivity index (χ0v) is 17.9. The Hall–Kier alpha value is -3.67. The minimum Gasteiger partial charge on any atom is -0.465 e. The van der Waals surface area contributed by atoms with Crippen LogP contribution in [-0.4, -0.2) is 34.1 Å². The smallest absolute Gasteiger partial charge is 0.317 e. The molecule has 2 aromatic heterocycles. The Morgan fingerprint density at radius 1 is 0.969 bits per heavy atom. The van der Waals surface area contributed by atoms with Crippen LogP contribution in [0.3, 0.4) is 0 Å². The Morgan fingerprint density at radius 2 is 1.78 bits per heavy atom. The molecule has 6 heteroatoms. The molecule has 2 heterocycles. The topological polar surface area (TPSA) is 86.2 Å². The second-order valence-corrected chi connectivity index (χ2v) is 7.73. The predicted molar refractivity (Wildman–Crippen MR) is 119 cm³/mol. The summed E-state index contributed by atoms with van der Waals surface area (Å²) >= 11 is 0. The van der Waals surface area contributed by atoms with Crippen molar-refractivity contribution in [2.45, 2.75) is 32.6 Å². The molecular weight excluding hydrogens is 404 g/mol. The summed E-state index contributed by atoms with van der Waals surface area (Å²) < 4.78 is 4.84. The monoisotopic (exact) mass is 428 g/mol. The maximum Gasteiger partial charge on any atom is 0.317 e. The molecule has 0 radical (unpaired) electrons. The number of rotatable bonds is 3. The van der Waals surface area contributed by atoms with Gasteiger partial charge in [0.15, 0.2) is 11.6 Å². The molecule has 3 aromatic rings. The van der Waals surface area contributed by atoms with Gasteiger partial charge in [0.2, 0.25) is 0 Å². The summed E-state index contributed by atoms with van der Waals surface area (Å²) in [6, 6.07) is 17.6. The molecule has 2 aliphatic carbocycles. The number of carbonyl (C=O) groups is 3. The van der Waals surface area contributed by atoms with E-state index in [0.717, 1.165) is 35.2 Å². The molecule has 0 aliphatic heterocycles. The normalized spacial score (nSPS) is 16.5. The van der Waals surface area contributed by atoms with Crippen LogP contribution in [-0.2, 0) is 22.4 Å². The lowest BCUT2D eigenvalue weighted by Crippen LogP contribution is -2.23. The van der Waals surface area contributed by atoms with E-state index < -0.39 is 11.9 Å². The fourth-order valence-corrected chi connectivity index (χ4v) is 3.99. The number of fused-ring (bicyclic) bond motifs is 2. The van der Waals surface area contributed by atoms with Crippen LogP contribution in [0.5, 0.6) is 0 Å². The summed E-state index contributed by atoms with van der Waals surface area (Å²) in [5, 5.41) is 0. The minimum atomic E-state index is -0.685. The van der Waals surface area contributed by atoms with Crippen LogP contribution in [0, 0.1) is 5.92 Å². The number of ketones is 2. The fourth-order valence-electron chi connectivity index (χ4n) is 3.99. The highest BCUT2D eigenvalue weighted by Gasteiger charge is 2.37. The number of nitrogens with zero attached hydrogens (tertiary/aromatic N) is 2. The van der Waals surface area contributed by atoms with E-state index in [1.165, 1.54) is 0 Å². The van der Waals surface area contributed by atoms with Crippen LogP contribution in [0.4, 0.5) is 0 Å². The highest BCUT2D eigenvalue weighted by molar-refractivity contribution is 6.11. The van der Waals surface area contributed by atoms with Crippen LogP contribution in [0.25, 0.3) is 11.3 Å². The lowest BCUT2D eigenvalue weighted by Gasteiger charge is -2.14. The lowest BCUT2D eigenvalue weighted by atomic mass is 9.94. The van der Waals surface area contributed by atoms with Crippen molar-refractivity contribution >= 4 is 17.5 Å². The first-order chi connectivity index (χ1) is 15.6. The standard InChI is InChI=1S/C15H13NO.C11H11NO3/c17-14-8-4-7-12-9-10-13(16-15(12)14)11-5-2-1-3-6-11;1-2-15-11(14)8-6-7-4-3-5-12-9(7)10(8)13/h1-3,5-6,9-10H,4,7-8H2;3-5,8H,2,6H2,1H3. The molecule has 32 heavy (non-hydrogen) atoms. The second-order valence-electron chi connectivity index (χ2n) is 7.73. The van der Waals surface area contributed by atoms with Crippen LogP contribution < -0.4 is 0 Å². The molecule has 0 saturated heterocycles. The predicted octanol–water partition coefficient (Wildman–Crippen LogP) is 4.27. The molecule has 6 nitrogen and oxygen atoms in total. The molecule has 0 N–H and O–H groups in total. The van der Waals surface area contributed by atoms with E-state index in [0.29, 0.717) is 30.8 Å². The Bertz CT molecular complexity index is 1160. The van der Waals surface area contributed by atoms with Crippen molar-refractivity contribution < 1.29 is 19.1 Å². The molecule has 0 bridgehead atoms. The third-order valence-electron chi connectivity index (χ3n) is 5.60. The van der Waals surface area contributed by atoms with Crippen LogP contribution in [0.15, 0.2) is 60.8 Å². The summed E-state index contributed by atoms with van der Waals surface area (Å²) in [5.41, 5.74) is 4.97. The van der Waals surface area contributed by atoms with Gasteiger partial charge in [-0.3, -0.25) is 19.4 Å². The first-order valence-electron chi connectivity index (χ1n) is 10.8. The van der Waals surface area contributed by atoms with Gasteiger partial charge >= 0.3 is 5.97 Å². The van der Waals surface area contributed by atoms with Gasteiger partial charge in [-0.25, -0.2) is 4.98 Å². The van der Waals surface area contributed by atoms with Gasteiger partial charge in [-0.2, -0.15) is 0 Å². The van der Waals surface area contributed by atoms with Gasteiger partial charge in [-0.15, -0.1) is 0 Å². The van der Waals surface area contributed by atoms with Gasteiger partial charge in [0.1, 0.15) is 17.3 Å². The van der Waals surface area contributed by atoms with Crippen molar-refractivity contribution in [1.82, 2.24) is 9.97 Å². The fraction of sp³-hybridized carbons (Fsp3) is 0.269. The summed E-state index contributed by atoms with van der Waals surface area (Å²) in [6.45, 7) is 2.02. The number of aromatic nitrogens is 2. The zero-order valence-electron chi connectivity index (χ0n) is 17.9. The van der Waals surface area contributed by atoms with Crippen LogP contribution in [0.1, 0.15) is 51.9 Å². The third kappa shape index (κ3) is 4.49. The molecule has 1 aromatic carbocycles. The maximum atomic E-state index is 11.8. The van der Waals surface area contributed by atoms with E-state index in [9.17, 15) is 14.4 Å². The molecule has 2 aliphatic rings. The molecule has 162 valence electrons. The Labute approximate surface area is 186 Å². The third-order valence-corrected chi connectivity index (χ3v) is 5.60. The summed E-state index contributed by atoms with van der Waals surface area (Å²) in [6.07, 6.45) is 4.55. The largest absolute Gasteiger partial charge is 0.465 e. The second kappa shape index (κ2) is 9.64. The summed E-state index contributed by atoms with van der Waals surface area (Å²) in [5.74, 6) is -1.16. The van der Waals surface area contributed by atoms with E-state index in [4.69, 9.17) is 4.74 Å². The lowest BCUT2D eigenvalue weighted by molar-refractivity contribution is -0.145. The van der Waals surface area contributed by atoms with Gasteiger partial charge in [-0.1, -0.05) is 42.5 Å². The van der Waals surface area contributed by atoms with Crippen molar-refractivity contribution in [2.75, 3.05) is 6.61 Å². The highest BCUT2D eigenvalue weighted by Crippen LogP contribution is 2.26. The SMILES string of the molecule is CCOC(=O)C1Cc2cccnc2C1=O.O=C1CCCc2ccc(-c3ccccc3)nc21. The number of ether oxygens (including phenoxy) is 1. The van der Waals surface area contributed by atoms with E-state index in [2.05, 4.69) is 9.97 Å². The van der Waals surface area contributed by atoms with Crippen molar-refractivity contribution in [3.63, 3.8) is 0 Å². The average molecular weight is 428 g/mol. The molecule has 1 atom stereocenters. The first kappa shape index (κ1) is 21.6. The van der Waals surface area contributed by atoms with E-state index >= 15 is 0 Å². The summed E-state index contributed by atoms with van der Waals surface area (Å²) in [4.78, 5) is 43.5. The molecule has 0 saturated carbocycles. The van der Waals surface area contributed by atoms with Crippen molar-refractivity contribution in [3.8, 4) is 11.3 Å². The highest BCUT2D eigenvalue weighted by atomic mass is 16.5. The molecule has 5 rings (SSSR count). The van der Waals surface area contributed by atoms with Gasteiger partial charge in [0.25, 0.3) is 0 Å². The number of pyridine rings is 2. The van der Waals surface area contributed by atoms with E-state index in [1.807, 2.05) is 48.5 Å². The quantitative estimate of drug-likeness (QED) is 0.457. The maximum absolute atomic E-state index is 11.8. The average Bonchev–Trinajstić information content (AvgIpc) is 3.17. The van der Waals surface area contributed by atoms with E-state index in [-0.39, 0.29) is 11.6 Å². The van der Waals surface area contributed by atoms with Crippen LogP contribution in [0.2, 0.25) is 0 Å². The molecule has 0 spiro atoms. The van der Waals surface area contributed by atoms with E-state index in [1.54, 1.807) is 19.2 Å². The number of aryl methyl sites for hydroxylation is 1. The Morgan fingerprint density at radius 3 is 2.53 bits per heavy atom. The molecule has 1 unspecified atom stereocenters. The Balaban J connectivity index is 0.000000155. The van der Waals surface area contributed by atoms with Gasteiger partial charge in [0.05, 0.1) is 12.3 Å². The molecule has 0 fully saturated rings. The number of hydrogen-bond donors (Lipinski definition) is 0. The van der Waals surface area contributed by atoms with Crippen molar-refractivity contribution in [2.24, 2.45) is 5.92 Å². The number of carbonyl (C=O) groups excluding carboxylic acids is 3. The molecular formula is C26H24N2O4. The number of hydrogen-bond acceptors (Lipinski definition) is 6. The molecule has 0 amide bonds. The first-order valence-corrected chi connectivity index (χ1v) is 10.8. The number of esters is 1.